The first-order valence-corrected chi connectivity index (χ1v) is 9.59. The SMILES string of the molecule is O=C(O)CCC1CCCN(C(=O)Cc2csc(-c3cccc(F)c3)n2)C1. The Balaban J connectivity index is 1.58. The van der Waals surface area contributed by atoms with E-state index in [-0.39, 0.29) is 30.5 Å². The predicted molar refractivity (Wildman–Crippen MR) is 97.4 cm³/mol. The monoisotopic (exact) mass is 376 g/mol. The van der Waals surface area contributed by atoms with E-state index in [0.717, 1.165) is 12.8 Å². The highest BCUT2D eigenvalue weighted by atomic mass is 32.1. The maximum Gasteiger partial charge on any atom is 0.303 e. The van der Waals surface area contributed by atoms with Crippen molar-refractivity contribution in [2.45, 2.75) is 32.1 Å². The molecule has 1 atom stereocenters. The highest BCUT2D eigenvalue weighted by Gasteiger charge is 2.24. The van der Waals surface area contributed by atoms with Gasteiger partial charge in [0.1, 0.15) is 10.8 Å². The summed E-state index contributed by atoms with van der Waals surface area (Å²) in [5.41, 5.74) is 1.40. The molecule has 7 heteroatoms. The number of carbonyl (C=O) groups excluding carboxylic acids is 1. The number of amides is 1. The number of rotatable bonds is 6. The van der Waals surface area contributed by atoms with Crippen molar-refractivity contribution in [2.24, 2.45) is 5.92 Å². The van der Waals surface area contributed by atoms with Crippen molar-refractivity contribution < 1.29 is 19.1 Å². The van der Waals surface area contributed by atoms with Gasteiger partial charge in [0.2, 0.25) is 5.91 Å². The lowest BCUT2D eigenvalue weighted by molar-refractivity contribution is -0.137. The van der Waals surface area contributed by atoms with Crippen LogP contribution >= 0.6 is 11.3 Å². The normalized spacial score (nSPS) is 17.3. The van der Waals surface area contributed by atoms with Crippen LogP contribution in [-0.4, -0.2) is 40.0 Å². The first-order chi connectivity index (χ1) is 12.5. The Hall–Kier alpha value is -2.28. The Morgan fingerprint density at radius 3 is 3.00 bits per heavy atom. The molecule has 1 aliphatic rings. The number of carboxylic acid groups (broad SMARTS) is 1. The molecule has 0 bridgehead atoms. The van der Waals surface area contributed by atoms with Crippen molar-refractivity contribution in [1.29, 1.82) is 0 Å². The molecule has 138 valence electrons. The van der Waals surface area contributed by atoms with E-state index < -0.39 is 5.97 Å². The van der Waals surface area contributed by atoms with Gasteiger partial charge in [-0.3, -0.25) is 9.59 Å². The minimum atomic E-state index is -0.791. The number of benzene rings is 1. The average Bonchev–Trinajstić information content (AvgIpc) is 3.09. The first kappa shape index (κ1) is 18.5. The number of piperidine rings is 1. The van der Waals surface area contributed by atoms with E-state index >= 15 is 0 Å². The minimum Gasteiger partial charge on any atom is -0.481 e. The van der Waals surface area contributed by atoms with Gasteiger partial charge in [-0.15, -0.1) is 11.3 Å². The topological polar surface area (TPSA) is 70.5 Å². The van der Waals surface area contributed by atoms with Crippen LogP contribution in [0.4, 0.5) is 4.39 Å². The molecule has 1 unspecified atom stereocenters. The van der Waals surface area contributed by atoms with Gasteiger partial charge in [0.25, 0.3) is 0 Å². The van der Waals surface area contributed by atoms with Crippen LogP contribution in [0.1, 0.15) is 31.4 Å². The zero-order valence-corrected chi connectivity index (χ0v) is 15.2. The minimum absolute atomic E-state index is 0.0149. The second-order valence-corrected chi connectivity index (χ2v) is 7.47. The molecule has 0 spiro atoms. The highest BCUT2D eigenvalue weighted by molar-refractivity contribution is 7.13. The first-order valence-electron chi connectivity index (χ1n) is 8.71. The van der Waals surface area contributed by atoms with E-state index in [0.29, 0.717) is 35.8 Å². The van der Waals surface area contributed by atoms with Crippen LogP contribution in [0, 0.1) is 11.7 Å². The summed E-state index contributed by atoms with van der Waals surface area (Å²) < 4.78 is 13.3. The molecule has 5 nitrogen and oxygen atoms in total. The number of hydrogen-bond acceptors (Lipinski definition) is 4. The molecular formula is C19H21FN2O3S. The summed E-state index contributed by atoms with van der Waals surface area (Å²) in [7, 11) is 0. The molecule has 0 saturated carbocycles. The van der Waals surface area contributed by atoms with Crippen LogP contribution in [0.3, 0.4) is 0 Å². The molecule has 0 aliphatic carbocycles. The Morgan fingerprint density at radius 1 is 1.38 bits per heavy atom. The van der Waals surface area contributed by atoms with Gasteiger partial charge >= 0.3 is 5.97 Å². The molecule has 3 rings (SSSR count). The summed E-state index contributed by atoms with van der Waals surface area (Å²) in [5, 5.41) is 11.4. The lowest BCUT2D eigenvalue weighted by atomic mass is 9.93. The number of likely N-dealkylation sites (tertiary alicyclic amines) is 1. The van der Waals surface area contributed by atoms with Crippen LogP contribution in [-0.2, 0) is 16.0 Å². The van der Waals surface area contributed by atoms with Crippen molar-refractivity contribution in [1.82, 2.24) is 9.88 Å². The summed E-state index contributed by atoms with van der Waals surface area (Å²) in [6.07, 6.45) is 2.85. The summed E-state index contributed by atoms with van der Waals surface area (Å²) >= 11 is 1.40. The summed E-state index contributed by atoms with van der Waals surface area (Å²) in [6, 6.07) is 6.26. The van der Waals surface area contributed by atoms with Gasteiger partial charge in [-0.25, -0.2) is 9.37 Å². The van der Waals surface area contributed by atoms with E-state index in [1.807, 2.05) is 10.3 Å². The standard InChI is InChI=1S/C19H21FN2O3S/c20-15-5-1-4-14(9-15)19-21-16(12-26-19)10-17(23)22-8-2-3-13(11-22)6-7-18(24)25/h1,4-5,9,12-13H,2-3,6-8,10-11H2,(H,24,25). The smallest absolute Gasteiger partial charge is 0.303 e. The Labute approximate surface area is 155 Å². The van der Waals surface area contributed by atoms with Crippen LogP contribution in [0.25, 0.3) is 10.6 Å². The fourth-order valence-electron chi connectivity index (χ4n) is 3.26. The van der Waals surface area contributed by atoms with Crippen molar-refractivity contribution in [3.63, 3.8) is 0 Å². The number of carbonyl (C=O) groups is 2. The zero-order chi connectivity index (χ0) is 18.5. The molecule has 1 N–H and O–H groups in total. The number of aliphatic carboxylic acids is 1. The fraction of sp³-hybridized carbons (Fsp3) is 0.421. The van der Waals surface area contributed by atoms with Gasteiger partial charge in [-0.05, 0) is 37.3 Å². The summed E-state index contributed by atoms with van der Waals surface area (Å²) in [5.74, 6) is -0.833. The van der Waals surface area contributed by atoms with Gasteiger partial charge in [0.05, 0.1) is 12.1 Å². The lowest BCUT2D eigenvalue weighted by Crippen LogP contribution is -2.40. The largest absolute Gasteiger partial charge is 0.481 e. The molecular weight excluding hydrogens is 355 g/mol. The Kier molecular flexibility index (Phi) is 5.98. The molecule has 2 aromatic rings. The number of thiazole rings is 1. The third kappa shape index (κ3) is 4.88. The van der Waals surface area contributed by atoms with E-state index in [9.17, 15) is 14.0 Å². The molecule has 0 radical (unpaired) electrons. The lowest BCUT2D eigenvalue weighted by Gasteiger charge is -2.32. The Bertz CT molecular complexity index is 793. The van der Waals surface area contributed by atoms with Gasteiger partial charge in [0, 0.05) is 30.5 Å². The molecule has 1 fully saturated rings. The molecule has 1 aliphatic heterocycles. The van der Waals surface area contributed by atoms with E-state index in [2.05, 4.69) is 4.98 Å². The molecule has 26 heavy (non-hydrogen) atoms. The maximum atomic E-state index is 13.3. The number of hydrogen-bond donors (Lipinski definition) is 1. The van der Waals surface area contributed by atoms with E-state index in [4.69, 9.17) is 5.11 Å². The van der Waals surface area contributed by atoms with E-state index in [1.54, 1.807) is 12.1 Å². The van der Waals surface area contributed by atoms with Gasteiger partial charge in [-0.2, -0.15) is 0 Å². The second kappa shape index (κ2) is 8.40. The fourth-order valence-corrected chi connectivity index (χ4v) is 4.08. The van der Waals surface area contributed by atoms with Crippen LogP contribution < -0.4 is 0 Å². The molecule has 1 aromatic heterocycles. The van der Waals surface area contributed by atoms with Gasteiger partial charge in [0.15, 0.2) is 0 Å². The van der Waals surface area contributed by atoms with Crippen molar-refractivity contribution >= 4 is 23.2 Å². The molecule has 1 saturated heterocycles. The third-order valence-corrected chi connectivity index (χ3v) is 5.53. The Morgan fingerprint density at radius 2 is 2.23 bits per heavy atom. The van der Waals surface area contributed by atoms with Crippen LogP contribution in [0.2, 0.25) is 0 Å². The van der Waals surface area contributed by atoms with Crippen molar-refractivity contribution in [3.05, 3.63) is 41.2 Å². The third-order valence-electron chi connectivity index (χ3n) is 4.59. The molecule has 1 aromatic carbocycles. The number of carboxylic acids is 1. The average molecular weight is 376 g/mol. The number of aromatic nitrogens is 1. The van der Waals surface area contributed by atoms with Gasteiger partial charge in [-0.1, -0.05) is 12.1 Å². The molecule has 1 amide bonds. The second-order valence-electron chi connectivity index (χ2n) is 6.61. The van der Waals surface area contributed by atoms with Crippen molar-refractivity contribution in [3.8, 4) is 10.6 Å². The number of halogens is 1. The van der Waals surface area contributed by atoms with Gasteiger partial charge < -0.3 is 10.0 Å². The predicted octanol–water partition coefficient (Wildman–Crippen LogP) is 3.60. The summed E-state index contributed by atoms with van der Waals surface area (Å²) in [6.45, 7) is 1.33. The van der Waals surface area contributed by atoms with Crippen LogP contribution in [0.15, 0.2) is 29.6 Å². The number of nitrogens with zero attached hydrogens (tertiary/aromatic N) is 2. The van der Waals surface area contributed by atoms with Crippen molar-refractivity contribution in [2.75, 3.05) is 13.1 Å². The quantitative estimate of drug-likeness (QED) is 0.836. The van der Waals surface area contributed by atoms with E-state index in [1.165, 1.54) is 23.5 Å². The highest BCUT2D eigenvalue weighted by Crippen LogP contribution is 2.25. The zero-order valence-electron chi connectivity index (χ0n) is 14.4. The van der Waals surface area contributed by atoms with Crippen LogP contribution in [0.5, 0.6) is 0 Å². The maximum absolute atomic E-state index is 13.3. The molecule has 2 heterocycles. The summed E-state index contributed by atoms with van der Waals surface area (Å²) in [4.78, 5) is 29.6.